The number of hydrogen-bond acceptors (Lipinski definition) is 6. The van der Waals surface area contributed by atoms with Gasteiger partial charge in [0, 0.05) is 31.1 Å². The Morgan fingerprint density at radius 1 is 1.12 bits per heavy atom. The van der Waals surface area contributed by atoms with E-state index in [0.717, 1.165) is 59.5 Å². The fourth-order valence-electron chi connectivity index (χ4n) is 3.79. The number of rotatable bonds is 8. The summed E-state index contributed by atoms with van der Waals surface area (Å²) in [6.45, 7) is 11.5. The monoisotopic (exact) mass is 469 g/mol. The first-order chi connectivity index (χ1) is 15.5. The summed E-state index contributed by atoms with van der Waals surface area (Å²) in [7, 11) is 0. The molecule has 0 bridgehead atoms. The Labute approximate surface area is 198 Å². The molecule has 2 aromatic carbocycles. The van der Waals surface area contributed by atoms with E-state index in [9.17, 15) is 4.79 Å². The maximum atomic E-state index is 13.3. The number of anilines is 1. The molecular weight excluding hydrogens is 438 g/mol. The van der Waals surface area contributed by atoms with Gasteiger partial charge in [-0.2, -0.15) is 0 Å². The third-order valence-electron chi connectivity index (χ3n) is 5.95. The van der Waals surface area contributed by atoms with Gasteiger partial charge in [0.05, 0.1) is 29.2 Å². The van der Waals surface area contributed by atoms with Crippen LogP contribution in [0.15, 0.2) is 41.3 Å². The number of morpholine rings is 1. The van der Waals surface area contributed by atoms with Crippen molar-refractivity contribution in [3.63, 3.8) is 0 Å². The van der Waals surface area contributed by atoms with Gasteiger partial charge in [-0.1, -0.05) is 35.1 Å². The number of thioether (sulfide) groups is 1. The summed E-state index contributed by atoms with van der Waals surface area (Å²) in [4.78, 5) is 23.7. The van der Waals surface area contributed by atoms with Crippen LogP contribution in [0.5, 0.6) is 0 Å². The second kappa shape index (κ2) is 10.8. The first-order valence-electron chi connectivity index (χ1n) is 11.2. The van der Waals surface area contributed by atoms with Gasteiger partial charge in [-0.05, 0) is 56.5 Å². The van der Waals surface area contributed by atoms with Crippen LogP contribution in [0, 0.1) is 20.8 Å². The van der Waals surface area contributed by atoms with Crippen LogP contribution in [0.4, 0.5) is 5.13 Å². The van der Waals surface area contributed by atoms with E-state index in [0.29, 0.717) is 12.3 Å². The van der Waals surface area contributed by atoms with E-state index in [1.807, 2.05) is 4.90 Å². The lowest BCUT2D eigenvalue weighted by Crippen LogP contribution is -2.39. The van der Waals surface area contributed by atoms with Crippen molar-refractivity contribution >= 4 is 44.4 Å². The zero-order valence-electron chi connectivity index (χ0n) is 19.1. The fraction of sp³-hybridized carbons (Fsp3) is 0.440. The summed E-state index contributed by atoms with van der Waals surface area (Å²) < 4.78 is 6.59. The predicted molar refractivity (Wildman–Crippen MR) is 135 cm³/mol. The molecule has 4 rings (SSSR count). The van der Waals surface area contributed by atoms with Crippen LogP contribution in [-0.4, -0.2) is 60.9 Å². The summed E-state index contributed by atoms with van der Waals surface area (Å²) in [6.07, 6.45) is 0.925. The molecule has 5 nitrogen and oxygen atoms in total. The molecule has 2 heterocycles. The number of amides is 1. The maximum Gasteiger partial charge on any atom is 0.239 e. The van der Waals surface area contributed by atoms with Crippen molar-refractivity contribution in [2.24, 2.45) is 0 Å². The van der Waals surface area contributed by atoms with Crippen LogP contribution >= 0.6 is 23.1 Å². The van der Waals surface area contributed by atoms with Crippen molar-refractivity contribution in [3.8, 4) is 0 Å². The first kappa shape index (κ1) is 23.2. The van der Waals surface area contributed by atoms with E-state index < -0.39 is 0 Å². The van der Waals surface area contributed by atoms with Gasteiger partial charge >= 0.3 is 0 Å². The fourth-order valence-corrected chi connectivity index (χ4v) is 5.63. The van der Waals surface area contributed by atoms with Gasteiger partial charge in [0.2, 0.25) is 5.91 Å². The van der Waals surface area contributed by atoms with Crippen molar-refractivity contribution in [1.29, 1.82) is 0 Å². The van der Waals surface area contributed by atoms with E-state index in [1.54, 1.807) is 23.1 Å². The number of carbonyl (C=O) groups excluding carboxylic acids is 1. The van der Waals surface area contributed by atoms with Crippen LogP contribution < -0.4 is 4.90 Å². The number of ether oxygens (including phenoxy) is 1. The Morgan fingerprint density at radius 3 is 2.62 bits per heavy atom. The molecule has 1 aliphatic rings. The second-order valence-corrected chi connectivity index (χ2v) is 10.4. The summed E-state index contributed by atoms with van der Waals surface area (Å²) in [6, 6.07) is 12.6. The molecule has 0 atom stereocenters. The van der Waals surface area contributed by atoms with Crippen LogP contribution in [0.25, 0.3) is 10.2 Å². The molecule has 1 amide bonds. The molecule has 1 aliphatic heterocycles. The molecule has 0 aliphatic carbocycles. The summed E-state index contributed by atoms with van der Waals surface area (Å²) in [5, 5.41) is 0.810. The molecule has 1 saturated heterocycles. The Balaban J connectivity index is 1.49. The van der Waals surface area contributed by atoms with Crippen LogP contribution in [0.3, 0.4) is 0 Å². The molecule has 7 heteroatoms. The molecule has 0 saturated carbocycles. The van der Waals surface area contributed by atoms with E-state index in [1.165, 1.54) is 16.7 Å². The SMILES string of the molecule is Cc1ccc(SCC(=O)N(CCCN2CCOCC2)c2nc3c(C)c(C)ccc3s2)cc1. The van der Waals surface area contributed by atoms with Gasteiger partial charge in [0.25, 0.3) is 0 Å². The van der Waals surface area contributed by atoms with E-state index in [-0.39, 0.29) is 5.91 Å². The Kier molecular flexibility index (Phi) is 7.84. The van der Waals surface area contributed by atoms with Crippen LogP contribution in [0.1, 0.15) is 23.1 Å². The van der Waals surface area contributed by atoms with Crippen molar-refractivity contribution in [2.45, 2.75) is 32.1 Å². The number of thiazole rings is 1. The number of fused-ring (bicyclic) bond motifs is 1. The van der Waals surface area contributed by atoms with Gasteiger partial charge < -0.3 is 4.74 Å². The van der Waals surface area contributed by atoms with Gasteiger partial charge in [-0.3, -0.25) is 14.6 Å². The van der Waals surface area contributed by atoms with Crippen LogP contribution in [-0.2, 0) is 9.53 Å². The zero-order chi connectivity index (χ0) is 22.5. The highest BCUT2D eigenvalue weighted by atomic mass is 32.2. The number of nitrogens with zero attached hydrogens (tertiary/aromatic N) is 3. The number of benzene rings is 2. The van der Waals surface area contributed by atoms with E-state index >= 15 is 0 Å². The van der Waals surface area contributed by atoms with Gasteiger partial charge in [-0.25, -0.2) is 4.98 Å². The van der Waals surface area contributed by atoms with E-state index in [2.05, 4.69) is 62.1 Å². The van der Waals surface area contributed by atoms with Gasteiger partial charge in [-0.15, -0.1) is 11.8 Å². The van der Waals surface area contributed by atoms with Crippen LogP contribution in [0.2, 0.25) is 0 Å². The zero-order valence-corrected chi connectivity index (χ0v) is 20.7. The average molecular weight is 470 g/mol. The second-order valence-electron chi connectivity index (χ2n) is 8.31. The predicted octanol–water partition coefficient (Wildman–Crippen LogP) is 5.07. The molecule has 3 aromatic rings. The maximum absolute atomic E-state index is 13.3. The molecule has 1 fully saturated rings. The topological polar surface area (TPSA) is 45.7 Å². The molecule has 1 aromatic heterocycles. The lowest BCUT2D eigenvalue weighted by molar-refractivity contribution is -0.116. The minimum Gasteiger partial charge on any atom is -0.379 e. The van der Waals surface area contributed by atoms with Crippen molar-refractivity contribution in [1.82, 2.24) is 9.88 Å². The van der Waals surface area contributed by atoms with E-state index in [4.69, 9.17) is 9.72 Å². The number of carbonyl (C=O) groups is 1. The summed E-state index contributed by atoms with van der Waals surface area (Å²) in [5.41, 5.74) is 4.67. The largest absolute Gasteiger partial charge is 0.379 e. The molecule has 0 N–H and O–H groups in total. The molecule has 0 spiro atoms. The molecule has 0 unspecified atom stereocenters. The highest BCUT2D eigenvalue weighted by Crippen LogP contribution is 2.32. The molecule has 170 valence electrons. The standard InChI is InChI=1S/C25H31N3O2S2/c1-18-5-8-21(9-6-18)31-17-23(29)28(12-4-11-27-13-15-30-16-14-27)25-26-24-20(3)19(2)7-10-22(24)32-25/h5-10H,4,11-17H2,1-3H3. The number of aromatic nitrogens is 1. The average Bonchev–Trinajstić information content (AvgIpc) is 3.24. The minimum absolute atomic E-state index is 0.117. The highest BCUT2D eigenvalue weighted by molar-refractivity contribution is 8.00. The lowest BCUT2D eigenvalue weighted by atomic mass is 10.1. The van der Waals surface area contributed by atoms with Crippen molar-refractivity contribution in [2.75, 3.05) is 50.0 Å². The summed E-state index contributed by atoms with van der Waals surface area (Å²) in [5.74, 6) is 0.528. The quantitative estimate of drug-likeness (QED) is 0.431. The Bertz CT molecular complexity index is 1060. The van der Waals surface area contributed by atoms with Gasteiger partial charge in [0.15, 0.2) is 5.13 Å². The third-order valence-corrected chi connectivity index (χ3v) is 7.99. The molecule has 32 heavy (non-hydrogen) atoms. The van der Waals surface area contributed by atoms with Crippen molar-refractivity contribution < 1.29 is 9.53 Å². The smallest absolute Gasteiger partial charge is 0.239 e. The number of hydrogen-bond donors (Lipinski definition) is 0. The summed E-state index contributed by atoms with van der Waals surface area (Å²) >= 11 is 3.21. The molecular formula is C25H31N3O2S2. The Morgan fingerprint density at radius 2 is 1.88 bits per heavy atom. The number of aryl methyl sites for hydroxylation is 3. The van der Waals surface area contributed by atoms with Crippen molar-refractivity contribution in [3.05, 3.63) is 53.1 Å². The van der Waals surface area contributed by atoms with Gasteiger partial charge in [0.1, 0.15) is 0 Å². The normalized spacial score (nSPS) is 14.7. The molecule has 0 radical (unpaired) electrons. The highest BCUT2D eigenvalue weighted by Gasteiger charge is 2.21. The third kappa shape index (κ3) is 5.70. The first-order valence-corrected chi connectivity index (χ1v) is 13.0. The minimum atomic E-state index is 0.117. The lowest BCUT2D eigenvalue weighted by Gasteiger charge is -2.27. The Hall–Kier alpha value is -1.93.